The number of rotatable bonds is 5. The number of aromatic carboxylic acids is 1. The molecule has 0 unspecified atom stereocenters. The zero-order valence-electron chi connectivity index (χ0n) is 18.1. The third kappa shape index (κ3) is 4.29. The molecule has 4 aromatic rings. The average molecular weight is 439 g/mol. The van der Waals surface area contributed by atoms with E-state index < -0.39 is 17.4 Å². The summed E-state index contributed by atoms with van der Waals surface area (Å²) in [6, 6.07) is 22.9. The molecule has 1 amide bonds. The van der Waals surface area contributed by atoms with Gasteiger partial charge in [-0.05, 0) is 30.2 Å². The number of amides is 1. The summed E-state index contributed by atoms with van der Waals surface area (Å²) >= 11 is 0. The Morgan fingerprint density at radius 3 is 2.12 bits per heavy atom. The molecule has 3 aromatic carbocycles. The Bertz CT molecular complexity index is 1410. The second-order valence-corrected chi connectivity index (χ2v) is 7.55. The fourth-order valence-corrected chi connectivity index (χ4v) is 3.60. The Morgan fingerprint density at radius 2 is 1.52 bits per heavy atom. The second-order valence-electron chi connectivity index (χ2n) is 7.55. The van der Waals surface area contributed by atoms with E-state index >= 15 is 0 Å². The van der Waals surface area contributed by atoms with Gasteiger partial charge in [0.2, 0.25) is 0 Å². The summed E-state index contributed by atoms with van der Waals surface area (Å²) in [6.07, 6.45) is 0. The summed E-state index contributed by atoms with van der Waals surface area (Å²) in [7, 11) is 1.50. The van der Waals surface area contributed by atoms with E-state index in [9.17, 15) is 19.5 Å². The highest BCUT2D eigenvalue weighted by molar-refractivity contribution is 6.11. The van der Waals surface area contributed by atoms with Crippen molar-refractivity contribution in [2.24, 2.45) is 7.05 Å². The summed E-state index contributed by atoms with van der Waals surface area (Å²) in [4.78, 5) is 38.1. The first-order valence-electron chi connectivity index (χ1n) is 10.2. The van der Waals surface area contributed by atoms with Gasteiger partial charge in [-0.3, -0.25) is 9.59 Å². The van der Waals surface area contributed by atoms with Gasteiger partial charge in [-0.15, -0.1) is 0 Å². The van der Waals surface area contributed by atoms with Crippen LogP contribution in [0.1, 0.15) is 26.3 Å². The molecule has 0 spiro atoms. The molecule has 4 rings (SSSR count). The van der Waals surface area contributed by atoms with Crippen molar-refractivity contribution in [2.45, 2.75) is 6.92 Å². The smallest absolute Gasteiger partial charge is 0.335 e. The molecule has 7 heteroatoms. The molecule has 1 heterocycles. The summed E-state index contributed by atoms with van der Waals surface area (Å²) < 4.78 is 1.14. The lowest BCUT2D eigenvalue weighted by atomic mass is 9.95. The van der Waals surface area contributed by atoms with Crippen LogP contribution >= 0.6 is 0 Å². The van der Waals surface area contributed by atoms with Crippen LogP contribution in [0.25, 0.3) is 22.4 Å². The number of nitrogens with zero attached hydrogens (tertiary/aromatic N) is 2. The standard InChI is InChI=1S/C26H21N3O4/c1-16-13-14-19(26(32)33)15-20(16)27-24(30)22-21(17-9-5-3-6-10-17)23(28-29(2)25(22)31)18-11-7-4-8-12-18/h3-15H,1-2H3,(H,27,30)(H,32,33). The van der Waals surface area contributed by atoms with Gasteiger partial charge in [0, 0.05) is 23.9 Å². The van der Waals surface area contributed by atoms with Gasteiger partial charge >= 0.3 is 5.97 Å². The lowest BCUT2D eigenvalue weighted by Gasteiger charge is -2.16. The molecule has 33 heavy (non-hydrogen) atoms. The molecule has 0 bridgehead atoms. The topological polar surface area (TPSA) is 101 Å². The van der Waals surface area contributed by atoms with Gasteiger partial charge in [0.1, 0.15) is 5.56 Å². The van der Waals surface area contributed by atoms with Crippen LogP contribution in [0.2, 0.25) is 0 Å². The maximum Gasteiger partial charge on any atom is 0.335 e. The lowest BCUT2D eigenvalue weighted by molar-refractivity contribution is 0.0696. The highest BCUT2D eigenvalue weighted by Gasteiger charge is 2.25. The first-order valence-corrected chi connectivity index (χ1v) is 10.2. The van der Waals surface area contributed by atoms with Crippen LogP contribution in [0.15, 0.2) is 83.7 Å². The zero-order valence-corrected chi connectivity index (χ0v) is 18.1. The van der Waals surface area contributed by atoms with E-state index in [0.29, 0.717) is 28.1 Å². The summed E-state index contributed by atoms with van der Waals surface area (Å²) in [5, 5.41) is 16.5. The zero-order chi connectivity index (χ0) is 23.5. The minimum absolute atomic E-state index is 0.0341. The van der Waals surface area contributed by atoms with Gasteiger partial charge in [0.15, 0.2) is 0 Å². The molecule has 7 nitrogen and oxygen atoms in total. The predicted octanol–water partition coefficient (Wildman–Crippen LogP) is 4.37. The largest absolute Gasteiger partial charge is 0.478 e. The number of hydrogen-bond acceptors (Lipinski definition) is 4. The van der Waals surface area contributed by atoms with Gasteiger partial charge < -0.3 is 10.4 Å². The van der Waals surface area contributed by atoms with Crippen molar-refractivity contribution in [3.63, 3.8) is 0 Å². The number of carbonyl (C=O) groups excluding carboxylic acids is 1. The Kier molecular flexibility index (Phi) is 5.87. The molecule has 0 saturated carbocycles. The van der Waals surface area contributed by atoms with E-state index in [1.807, 2.05) is 60.7 Å². The number of benzene rings is 3. The maximum absolute atomic E-state index is 13.5. The first-order chi connectivity index (χ1) is 15.9. The van der Waals surface area contributed by atoms with Crippen molar-refractivity contribution in [3.8, 4) is 22.4 Å². The van der Waals surface area contributed by atoms with E-state index in [1.54, 1.807) is 13.0 Å². The van der Waals surface area contributed by atoms with Crippen molar-refractivity contribution >= 4 is 17.6 Å². The highest BCUT2D eigenvalue weighted by atomic mass is 16.4. The van der Waals surface area contributed by atoms with Gasteiger partial charge in [-0.2, -0.15) is 5.10 Å². The number of anilines is 1. The second kappa shape index (κ2) is 8.92. The van der Waals surface area contributed by atoms with Crippen LogP contribution in [-0.4, -0.2) is 26.8 Å². The van der Waals surface area contributed by atoms with Crippen LogP contribution < -0.4 is 10.9 Å². The first kappa shape index (κ1) is 21.7. The van der Waals surface area contributed by atoms with E-state index in [4.69, 9.17) is 0 Å². The molecule has 0 atom stereocenters. The number of nitrogens with one attached hydrogen (secondary N) is 1. The molecule has 0 fully saturated rings. The molecular weight excluding hydrogens is 418 g/mol. The predicted molar refractivity (Wildman–Crippen MR) is 126 cm³/mol. The molecule has 2 N–H and O–H groups in total. The normalized spacial score (nSPS) is 10.6. The van der Waals surface area contributed by atoms with Crippen LogP contribution in [0, 0.1) is 6.92 Å². The number of aryl methyl sites for hydroxylation is 2. The number of carboxylic acid groups (broad SMARTS) is 1. The third-order valence-electron chi connectivity index (χ3n) is 5.31. The van der Waals surface area contributed by atoms with Gasteiger partial charge in [0.25, 0.3) is 11.5 Å². The van der Waals surface area contributed by atoms with Gasteiger partial charge in [-0.25, -0.2) is 9.48 Å². The Balaban J connectivity index is 1.94. The molecule has 0 saturated heterocycles. The Labute approximate surface area is 190 Å². The minimum atomic E-state index is -1.11. The SMILES string of the molecule is Cc1ccc(C(=O)O)cc1NC(=O)c1c(-c2ccccc2)c(-c2ccccc2)nn(C)c1=O. The Hall–Kier alpha value is -4.52. The highest BCUT2D eigenvalue weighted by Crippen LogP contribution is 2.32. The third-order valence-corrected chi connectivity index (χ3v) is 5.31. The quantitative estimate of drug-likeness (QED) is 0.481. The number of aromatic nitrogens is 2. The van der Waals surface area contributed by atoms with E-state index in [1.165, 1.54) is 19.2 Å². The van der Waals surface area contributed by atoms with Crippen molar-refractivity contribution in [1.82, 2.24) is 9.78 Å². The summed E-state index contributed by atoms with van der Waals surface area (Å²) in [5.74, 6) is -1.75. The fourth-order valence-electron chi connectivity index (χ4n) is 3.60. The molecule has 0 aliphatic rings. The van der Waals surface area contributed by atoms with Crippen LogP contribution in [0.5, 0.6) is 0 Å². The van der Waals surface area contributed by atoms with Crippen molar-refractivity contribution in [3.05, 3.63) is 106 Å². The lowest BCUT2D eigenvalue weighted by Crippen LogP contribution is -2.31. The molecule has 0 radical (unpaired) electrons. The average Bonchev–Trinajstić information content (AvgIpc) is 2.82. The summed E-state index contributed by atoms with van der Waals surface area (Å²) in [6.45, 7) is 1.75. The monoisotopic (exact) mass is 439 g/mol. The van der Waals surface area contributed by atoms with E-state index in [0.717, 1.165) is 10.2 Å². The molecule has 0 aliphatic carbocycles. The number of carboxylic acids is 1. The molecular formula is C26H21N3O4. The van der Waals surface area contributed by atoms with Crippen LogP contribution in [-0.2, 0) is 7.05 Å². The fraction of sp³-hybridized carbons (Fsp3) is 0.0769. The number of carbonyl (C=O) groups is 2. The van der Waals surface area contributed by atoms with Crippen molar-refractivity contribution in [1.29, 1.82) is 0 Å². The van der Waals surface area contributed by atoms with E-state index in [-0.39, 0.29) is 11.1 Å². The van der Waals surface area contributed by atoms with Crippen molar-refractivity contribution in [2.75, 3.05) is 5.32 Å². The minimum Gasteiger partial charge on any atom is -0.478 e. The molecule has 164 valence electrons. The van der Waals surface area contributed by atoms with Crippen molar-refractivity contribution < 1.29 is 14.7 Å². The molecule has 0 aliphatic heterocycles. The summed E-state index contributed by atoms with van der Waals surface area (Å²) in [5.41, 5.74) is 2.72. The Morgan fingerprint density at radius 1 is 0.909 bits per heavy atom. The van der Waals surface area contributed by atoms with Gasteiger partial charge in [-0.1, -0.05) is 66.7 Å². The van der Waals surface area contributed by atoms with Gasteiger partial charge in [0.05, 0.1) is 11.3 Å². The van der Waals surface area contributed by atoms with Crippen LogP contribution in [0.4, 0.5) is 5.69 Å². The van der Waals surface area contributed by atoms with Crippen LogP contribution in [0.3, 0.4) is 0 Å². The number of hydrogen-bond donors (Lipinski definition) is 2. The maximum atomic E-state index is 13.5. The van der Waals surface area contributed by atoms with E-state index in [2.05, 4.69) is 10.4 Å². The molecule has 1 aromatic heterocycles.